The van der Waals surface area contributed by atoms with Crippen molar-refractivity contribution in [2.75, 3.05) is 23.0 Å². The molecule has 43 heavy (non-hydrogen) atoms. The summed E-state index contributed by atoms with van der Waals surface area (Å²) in [6.45, 7) is 2.50. The Balaban J connectivity index is 1.22. The van der Waals surface area contributed by atoms with Crippen LogP contribution in [0.5, 0.6) is 5.75 Å². The normalized spacial score (nSPS) is 11.1. The molecule has 3 amide bonds. The quantitative estimate of drug-likeness (QED) is 0.112. The summed E-state index contributed by atoms with van der Waals surface area (Å²) in [4.78, 5) is 44.1. The van der Waals surface area contributed by atoms with E-state index in [1.807, 2.05) is 67.6 Å². The molecule has 10 heteroatoms. The van der Waals surface area contributed by atoms with Gasteiger partial charge in [0.15, 0.2) is 5.13 Å². The van der Waals surface area contributed by atoms with Gasteiger partial charge in [-0.15, -0.1) is 11.8 Å². The Kier molecular flexibility index (Phi) is 9.83. The van der Waals surface area contributed by atoms with Crippen LogP contribution in [0.15, 0.2) is 114 Å². The number of anilines is 2. The first-order chi connectivity index (χ1) is 21.0. The standard InChI is InChI=1S/C33H28N4O4S2/c1-2-41-25-16-17-27-29(20-25)43-33(36-27)37-30(38)21-42-26-15-9-14-24(19-26)34-32(40)28(18-22-10-5-3-6-11-22)35-31(39)23-12-7-4-8-13-23/h3-20H,2,21H2,1H3,(H,34,40)(H,35,39)(H,36,37,38)/b28-18-. The second-order valence-corrected chi connectivity index (χ2v) is 11.3. The van der Waals surface area contributed by atoms with Crippen LogP contribution in [0, 0.1) is 0 Å². The molecule has 8 nitrogen and oxygen atoms in total. The molecule has 0 bridgehead atoms. The zero-order chi connectivity index (χ0) is 30.0. The molecule has 0 saturated carbocycles. The highest BCUT2D eigenvalue weighted by atomic mass is 32.2. The Morgan fingerprint density at radius 1 is 0.884 bits per heavy atom. The first kappa shape index (κ1) is 29.6. The number of hydrogen-bond donors (Lipinski definition) is 3. The maximum Gasteiger partial charge on any atom is 0.272 e. The van der Waals surface area contributed by atoms with Gasteiger partial charge in [0.05, 0.1) is 22.6 Å². The van der Waals surface area contributed by atoms with E-state index in [9.17, 15) is 14.4 Å². The molecular weight excluding hydrogens is 581 g/mol. The van der Waals surface area contributed by atoms with Crippen LogP contribution >= 0.6 is 23.1 Å². The van der Waals surface area contributed by atoms with E-state index in [0.29, 0.717) is 23.0 Å². The predicted molar refractivity (Wildman–Crippen MR) is 174 cm³/mol. The van der Waals surface area contributed by atoms with Gasteiger partial charge in [0.1, 0.15) is 11.4 Å². The van der Waals surface area contributed by atoms with Crippen molar-refractivity contribution >= 4 is 67.9 Å². The molecule has 216 valence electrons. The summed E-state index contributed by atoms with van der Waals surface area (Å²) in [7, 11) is 0. The Labute approximate surface area is 257 Å². The van der Waals surface area contributed by atoms with Crippen LogP contribution in [0.3, 0.4) is 0 Å². The van der Waals surface area contributed by atoms with Crippen molar-refractivity contribution < 1.29 is 19.1 Å². The monoisotopic (exact) mass is 608 g/mol. The Hall–Kier alpha value is -4.93. The average Bonchev–Trinajstić information content (AvgIpc) is 3.42. The Bertz CT molecular complexity index is 1770. The molecule has 0 saturated heterocycles. The molecule has 4 aromatic carbocycles. The van der Waals surface area contributed by atoms with E-state index < -0.39 is 11.8 Å². The summed E-state index contributed by atoms with van der Waals surface area (Å²) in [5.41, 5.74) is 2.62. The fraction of sp³-hybridized carbons (Fsp3) is 0.0909. The van der Waals surface area contributed by atoms with Crippen molar-refractivity contribution in [3.63, 3.8) is 0 Å². The summed E-state index contributed by atoms with van der Waals surface area (Å²) in [5, 5.41) is 8.98. The number of hydrogen-bond acceptors (Lipinski definition) is 7. The molecule has 3 N–H and O–H groups in total. The fourth-order valence-corrected chi connectivity index (χ4v) is 5.71. The van der Waals surface area contributed by atoms with Crippen molar-refractivity contribution in [3.8, 4) is 5.75 Å². The molecule has 0 aliphatic heterocycles. The molecule has 0 aliphatic rings. The van der Waals surface area contributed by atoms with E-state index in [0.717, 1.165) is 26.4 Å². The van der Waals surface area contributed by atoms with Crippen LogP contribution in [0.4, 0.5) is 10.8 Å². The topological polar surface area (TPSA) is 109 Å². The summed E-state index contributed by atoms with van der Waals surface area (Å²) < 4.78 is 6.47. The van der Waals surface area contributed by atoms with Crippen molar-refractivity contribution in [1.82, 2.24) is 10.3 Å². The summed E-state index contributed by atoms with van der Waals surface area (Å²) >= 11 is 2.72. The third kappa shape index (κ3) is 8.31. The first-order valence-corrected chi connectivity index (χ1v) is 15.3. The lowest BCUT2D eigenvalue weighted by molar-refractivity contribution is -0.114. The number of thioether (sulfide) groups is 1. The number of thiazole rings is 1. The van der Waals surface area contributed by atoms with E-state index in [2.05, 4.69) is 20.9 Å². The molecule has 0 atom stereocenters. The number of aromatic nitrogens is 1. The highest BCUT2D eigenvalue weighted by Gasteiger charge is 2.16. The molecule has 5 aromatic rings. The molecule has 0 aliphatic carbocycles. The lowest BCUT2D eigenvalue weighted by atomic mass is 10.1. The van der Waals surface area contributed by atoms with Crippen LogP contribution in [0.1, 0.15) is 22.8 Å². The van der Waals surface area contributed by atoms with Crippen LogP contribution in [0.25, 0.3) is 16.3 Å². The minimum absolute atomic E-state index is 0.0988. The maximum atomic E-state index is 13.3. The van der Waals surface area contributed by atoms with Gasteiger partial charge in [-0.2, -0.15) is 0 Å². The largest absolute Gasteiger partial charge is 0.494 e. The fourth-order valence-electron chi connectivity index (χ4n) is 4.04. The molecule has 0 unspecified atom stereocenters. The van der Waals surface area contributed by atoms with E-state index in [1.165, 1.54) is 23.1 Å². The lowest BCUT2D eigenvalue weighted by Gasteiger charge is -2.12. The average molecular weight is 609 g/mol. The molecule has 0 radical (unpaired) electrons. The number of nitrogens with one attached hydrogen (secondary N) is 3. The summed E-state index contributed by atoms with van der Waals surface area (Å²) in [5.74, 6) is -0.142. The molecule has 5 rings (SSSR count). The van der Waals surface area contributed by atoms with Gasteiger partial charge in [-0.3, -0.25) is 14.4 Å². The second kappa shape index (κ2) is 14.3. The van der Waals surface area contributed by atoms with E-state index in [4.69, 9.17) is 4.74 Å². The van der Waals surface area contributed by atoms with Gasteiger partial charge in [0.25, 0.3) is 11.8 Å². The third-order valence-electron chi connectivity index (χ3n) is 6.02. The van der Waals surface area contributed by atoms with E-state index >= 15 is 0 Å². The van der Waals surface area contributed by atoms with Crippen molar-refractivity contribution in [2.45, 2.75) is 11.8 Å². The van der Waals surface area contributed by atoms with Gasteiger partial charge < -0.3 is 20.7 Å². The second-order valence-electron chi connectivity index (χ2n) is 9.19. The zero-order valence-electron chi connectivity index (χ0n) is 23.2. The van der Waals surface area contributed by atoms with E-state index in [-0.39, 0.29) is 17.4 Å². The molecule has 0 spiro atoms. The highest BCUT2D eigenvalue weighted by molar-refractivity contribution is 8.00. The molecule has 1 heterocycles. The van der Waals surface area contributed by atoms with Crippen LogP contribution in [0.2, 0.25) is 0 Å². The zero-order valence-corrected chi connectivity index (χ0v) is 24.8. The number of rotatable bonds is 11. The third-order valence-corrected chi connectivity index (χ3v) is 7.95. The van der Waals surface area contributed by atoms with Crippen LogP contribution in [-0.2, 0) is 9.59 Å². The molecule has 1 aromatic heterocycles. The number of benzene rings is 4. The van der Waals surface area contributed by atoms with Crippen LogP contribution < -0.4 is 20.7 Å². The van der Waals surface area contributed by atoms with Gasteiger partial charge in [-0.05, 0) is 67.1 Å². The Morgan fingerprint density at radius 2 is 1.65 bits per heavy atom. The van der Waals surface area contributed by atoms with Gasteiger partial charge in [-0.1, -0.05) is 65.9 Å². The number of ether oxygens (including phenoxy) is 1. The smallest absolute Gasteiger partial charge is 0.272 e. The van der Waals surface area contributed by atoms with Crippen molar-refractivity contribution in [1.29, 1.82) is 0 Å². The lowest BCUT2D eigenvalue weighted by Crippen LogP contribution is -2.30. The molecule has 0 fully saturated rings. The van der Waals surface area contributed by atoms with Crippen molar-refractivity contribution in [2.24, 2.45) is 0 Å². The summed E-state index contributed by atoms with van der Waals surface area (Å²) in [6.07, 6.45) is 1.62. The first-order valence-electron chi connectivity index (χ1n) is 13.5. The van der Waals surface area contributed by atoms with Gasteiger partial charge >= 0.3 is 0 Å². The predicted octanol–water partition coefficient (Wildman–Crippen LogP) is 6.84. The van der Waals surface area contributed by atoms with Gasteiger partial charge in [-0.25, -0.2) is 4.98 Å². The van der Waals surface area contributed by atoms with E-state index in [1.54, 1.807) is 48.5 Å². The number of carbonyl (C=O) groups excluding carboxylic acids is 3. The van der Waals surface area contributed by atoms with Crippen molar-refractivity contribution in [3.05, 3.63) is 120 Å². The Morgan fingerprint density at radius 3 is 2.42 bits per heavy atom. The number of carbonyl (C=O) groups is 3. The summed E-state index contributed by atoms with van der Waals surface area (Å²) in [6, 6.07) is 30.8. The maximum absolute atomic E-state index is 13.3. The number of nitrogens with zero attached hydrogens (tertiary/aromatic N) is 1. The molecular formula is C33H28N4O4S2. The highest BCUT2D eigenvalue weighted by Crippen LogP contribution is 2.30. The number of fused-ring (bicyclic) bond motifs is 1. The van der Waals surface area contributed by atoms with Gasteiger partial charge in [0, 0.05) is 16.1 Å². The SMILES string of the molecule is CCOc1ccc2nc(NC(=O)CSc3cccc(NC(=O)/C(=C/c4ccccc4)NC(=O)c4ccccc4)c3)sc2c1. The van der Waals surface area contributed by atoms with Gasteiger partial charge in [0.2, 0.25) is 5.91 Å². The minimum Gasteiger partial charge on any atom is -0.494 e. The van der Waals surface area contributed by atoms with Crippen LogP contribution in [-0.4, -0.2) is 35.1 Å². The number of amides is 3. The minimum atomic E-state index is -0.476.